The standard InChI is InChI=1S/C11H9Br2F3N2O3/c12-6-1-2-7(13)8(3-6)17-10(21)18(4-9(19)20)5-11(14,15)16/h1-3H,4-5H2,(H,17,21)(H,19,20). The molecule has 0 unspecified atom stereocenters. The number of carbonyl (C=O) groups excluding carboxylic acids is 1. The van der Waals surface area contributed by atoms with E-state index in [0.29, 0.717) is 8.95 Å². The summed E-state index contributed by atoms with van der Waals surface area (Å²) in [5.74, 6) is -1.54. The number of hydrogen-bond acceptors (Lipinski definition) is 2. The van der Waals surface area contributed by atoms with Crippen LogP contribution in [0.2, 0.25) is 0 Å². The fourth-order valence-corrected chi connectivity index (χ4v) is 2.07. The number of amides is 2. The SMILES string of the molecule is O=C(O)CN(CC(F)(F)F)C(=O)Nc1cc(Br)ccc1Br. The fraction of sp³-hybridized carbons (Fsp3) is 0.273. The number of aliphatic carboxylic acids is 1. The lowest BCUT2D eigenvalue weighted by atomic mass is 10.3. The van der Waals surface area contributed by atoms with E-state index in [1.165, 1.54) is 6.07 Å². The molecule has 2 amide bonds. The summed E-state index contributed by atoms with van der Waals surface area (Å²) in [5.41, 5.74) is 0.215. The van der Waals surface area contributed by atoms with Crippen molar-refractivity contribution in [3.8, 4) is 0 Å². The van der Waals surface area contributed by atoms with Gasteiger partial charge in [-0.3, -0.25) is 4.79 Å². The Labute approximate surface area is 134 Å². The van der Waals surface area contributed by atoms with Gasteiger partial charge in [-0.2, -0.15) is 13.2 Å². The quantitative estimate of drug-likeness (QED) is 0.760. The molecule has 1 aromatic carbocycles. The molecule has 10 heteroatoms. The van der Waals surface area contributed by atoms with E-state index < -0.39 is 31.3 Å². The first-order valence-corrected chi connectivity index (χ1v) is 6.96. The average Bonchev–Trinajstić information content (AvgIpc) is 2.30. The number of halogens is 5. The lowest BCUT2D eigenvalue weighted by Crippen LogP contribution is -2.44. The third-order valence-electron chi connectivity index (χ3n) is 2.15. The monoisotopic (exact) mass is 432 g/mol. The van der Waals surface area contributed by atoms with Gasteiger partial charge in [0.25, 0.3) is 0 Å². The van der Waals surface area contributed by atoms with Crippen LogP contribution in [0.15, 0.2) is 27.1 Å². The van der Waals surface area contributed by atoms with Gasteiger partial charge in [-0.05, 0) is 34.1 Å². The van der Waals surface area contributed by atoms with E-state index in [1.807, 2.05) is 0 Å². The van der Waals surface area contributed by atoms with Gasteiger partial charge in [0.1, 0.15) is 13.1 Å². The van der Waals surface area contributed by atoms with E-state index in [0.717, 1.165) is 0 Å². The second-order valence-electron chi connectivity index (χ2n) is 3.92. The van der Waals surface area contributed by atoms with Crippen molar-refractivity contribution in [3.63, 3.8) is 0 Å². The van der Waals surface area contributed by atoms with Crippen molar-refractivity contribution in [1.82, 2.24) is 4.90 Å². The van der Waals surface area contributed by atoms with Crippen molar-refractivity contribution < 1.29 is 27.9 Å². The van der Waals surface area contributed by atoms with Gasteiger partial charge in [-0.1, -0.05) is 15.9 Å². The van der Waals surface area contributed by atoms with Crippen LogP contribution in [-0.4, -0.2) is 41.3 Å². The molecule has 21 heavy (non-hydrogen) atoms. The molecule has 0 aliphatic heterocycles. The molecule has 0 heterocycles. The predicted octanol–water partition coefficient (Wildman–Crippen LogP) is 3.69. The highest BCUT2D eigenvalue weighted by atomic mass is 79.9. The van der Waals surface area contributed by atoms with Gasteiger partial charge in [0.15, 0.2) is 0 Å². The molecular formula is C11H9Br2F3N2O3. The zero-order valence-corrected chi connectivity index (χ0v) is 13.4. The van der Waals surface area contributed by atoms with Crippen molar-refractivity contribution in [2.75, 3.05) is 18.4 Å². The van der Waals surface area contributed by atoms with E-state index in [9.17, 15) is 22.8 Å². The van der Waals surface area contributed by atoms with E-state index in [2.05, 4.69) is 37.2 Å². The minimum atomic E-state index is -4.69. The minimum Gasteiger partial charge on any atom is -0.480 e. The summed E-state index contributed by atoms with van der Waals surface area (Å²) in [5, 5.41) is 10.8. The number of benzene rings is 1. The van der Waals surface area contributed by atoms with E-state index in [1.54, 1.807) is 12.1 Å². The van der Waals surface area contributed by atoms with Crippen molar-refractivity contribution in [3.05, 3.63) is 27.1 Å². The Kier molecular flexibility index (Phi) is 6.02. The largest absolute Gasteiger partial charge is 0.480 e. The number of alkyl halides is 3. The molecule has 116 valence electrons. The molecular weight excluding hydrogens is 425 g/mol. The number of urea groups is 1. The van der Waals surface area contributed by atoms with Crippen molar-refractivity contribution in [2.45, 2.75) is 6.18 Å². The van der Waals surface area contributed by atoms with Crippen molar-refractivity contribution in [1.29, 1.82) is 0 Å². The number of nitrogens with one attached hydrogen (secondary N) is 1. The van der Waals surface area contributed by atoms with Crippen LogP contribution in [-0.2, 0) is 4.79 Å². The summed E-state index contributed by atoms with van der Waals surface area (Å²) >= 11 is 6.28. The molecule has 1 aromatic rings. The van der Waals surface area contributed by atoms with Gasteiger partial charge >= 0.3 is 18.2 Å². The number of nitrogens with zero attached hydrogens (tertiary/aromatic N) is 1. The average molecular weight is 434 g/mol. The van der Waals surface area contributed by atoms with Gasteiger partial charge in [0, 0.05) is 8.95 Å². The first-order chi connectivity index (χ1) is 9.58. The topological polar surface area (TPSA) is 69.6 Å². The zero-order valence-electron chi connectivity index (χ0n) is 10.2. The number of anilines is 1. The molecule has 0 radical (unpaired) electrons. The van der Waals surface area contributed by atoms with E-state index in [-0.39, 0.29) is 10.6 Å². The second-order valence-corrected chi connectivity index (χ2v) is 5.69. The number of hydrogen-bond donors (Lipinski definition) is 2. The molecule has 0 spiro atoms. The van der Waals surface area contributed by atoms with Gasteiger partial charge in [0.05, 0.1) is 5.69 Å². The Morgan fingerprint density at radius 3 is 2.43 bits per heavy atom. The molecule has 0 aliphatic rings. The second kappa shape index (κ2) is 7.12. The van der Waals surface area contributed by atoms with Crippen molar-refractivity contribution >= 4 is 49.5 Å². The number of rotatable bonds is 4. The Bertz CT molecular complexity index is 552. The first kappa shape index (κ1) is 17.8. The van der Waals surface area contributed by atoms with Crippen LogP contribution in [0.25, 0.3) is 0 Å². The molecule has 0 saturated carbocycles. The maximum atomic E-state index is 12.4. The number of carboxylic acid groups (broad SMARTS) is 1. The Balaban J connectivity index is 2.89. The molecule has 0 aliphatic carbocycles. The third-order valence-corrected chi connectivity index (χ3v) is 3.34. The van der Waals surface area contributed by atoms with Gasteiger partial charge < -0.3 is 15.3 Å². The fourth-order valence-electron chi connectivity index (χ4n) is 1.37. The summed E-state index contributed by atoms with van der Waals surface area (Å²) in [6, 6.07) is 3.54. The Hall–Kier alpha value is -1.29. The van der Waals surface area contributed by atoms with Crippen LogP contribution in [0, 0.1) is 0 Å². The maximum Gasteiger partial charge on any atom is 0.406 e. The third kappa shape index (κ3) is 6.34. The number of carbonyl (C=O) groups is 2. The molecule has 0 aromatic heterocycles. The molecule has 0 atom stereocenters. The molecule has 0 saturated heterocycles. The summed E-state index contributed by atoms with van der Waals surface area (Å²) in [6.07, 6.45) is -4.69. The van der Waals surface area contributed by atoms with Gasteiger partial charge in [-0.15, -0.1) is 0 Å². The molecule has 0 fully saturated rings. The zero-order chi connectivity index (χ0) is 16.2. The van der Waals surface area contributed by atoms with Gasteiger partial charge in [-0.25, -0.2) is 4.79 Å². The van der Waals surface area contributed by atoms with Crippen molar-refractivity contribution in [2.24, 2.45) is 0 Å². The smallest absolute Gasteiger partial charge is 0.406 e. The first-order valence-electron chi connectivity index (χ1n) is 5.38. The van der Waals surface area contributed by atoms with Crippen LogP contribution >= 0.6 is 31.9 Å². The van der Waals surface area contributed by atoms with Gasteiger partial charge in [0.2, 0.25) is 0 Å². The van der Waals surface area contributed by atoms with E-state index in [4.69, 9.17) is 5.11 Å². The summed E-state index contributed by atoms with van der Waals surface area (Å²) < 4.78 is 38.1. The maximum absolute atomic E-state index is 12.4. The van der Waals surface area contributed by atoms with Crippen LogP contribution in [0.1, 0.15) is 0 Å². The summed E-state index contributed by atoms with van der Waals surface area (Å²) in [7, 11) is 0. The highest BCUT2D eigenvalue weighted by Crippen LogP contribution is 2.26. The summed E-state index contributed by atoms with van der Waals surface area (Å²) in [6.45, 7) is -2.71. The normalized spacial score (nSPS) is 11.1. The lowest BCUT2D eigenvalue weighted by molar-refractivity contribution is -0.148. The lowest BCUT2D eigenvalue weighted by Gasteiger charge is -2.22. The van der Waals surface area contributed by atoms with Crippen LogP contribution in [0.5, 0.6) is 0 Å². The van der Waals surface area contributed by atoms with Crippen LogP contribution in [0.3, 0.4) is 0 Å². The van der Waals surface area contributed by atoms with Crippen LogP contribution < -0.4 is 5.32 Å². The molecule has 0 bridgehead atoms. The van der Waals surface area contributed by atoms with E-state index >= 15 is 0 Å². The highest BCUT2D eigenvalue weighted by molar-refractivity contribution is 9.11. The Morgan fingerprint density at radius 1 is 1.29 bits per heavy atom. The van der Waals surface area contributed by atoms with Crippen LogP contribution in [0.4, 0.5) is 23.7 Å². The Morgan fingerprint density at radius 2 is 1.90 bits per heavy atom. The molecule has 1 rings (SSSR count). The predicted molar refractivity (Wildman–Crippen MR) is 76.1 cm³/mol. The molecule has 5 nitrogen and oxygen atoms in total. The molecule has 2 N–H and O–H groups in total. The highest BCUT2D eigenvalue weighted by Gasteiger charge is 2.34. The number of carboxylic acids is 1. The minimum absolute atomic E-state index is 0.162. The summed E-state index contributed by atoms with van der Waals surface area (Å²) in [4.78, 5) is 22.5.